The van der Waals surface area contributed by atoms with Gasteiger partial charge in [0, 0.05) is 30.4 Å². The molecule has 5 nitrogen and oxygen atoms in total. The summed E-state index contributed by atoms with van der Waals surface area (Å²) in [5.41, 5.74) is -0.207. The van der Waals surface area contributed by atoms with E-state index in [1.54, 1.807) is 0 Å². The maximum Gasteiger partial charge on any atom is 0.401 e. The SMILES string of the molecule is O=C(NC[C@H]1CCCN1CC(F)(F)F)c1cc[nH]c(=O)c1. The van der Waals surface area contributed by atoms with Crippen LogP contribution < -0.4 is 10.9 Å². The number of hydrogen-bond donors (Lipinski definition) is 2. The molecular weight excluding hydrogens is 287 g/mol. The van der Waals surface area contributed by atoms with Gasteiger partial charge in [-0.2, -0.15) is 13.2 Å². The summed E-state index contributed by atoms with van der Waals surface area (Å²) in [5, 5.41) is 2.58. The molecule has 2 heterocycles. The first-order valence-electron chi connectivity index (χ1n) is 6.63. The quantitative estimate of drug-likeness (QED) is 0.876. The molecule has 0 spiro atoms. The number of nitrogens with zero attached hydrogens (tertiary/aromatic N) is 1. The molecule has 1 fully saturated rings. The molecule has 1 aliphatic rings. The van der Waals surface area contributed by atoms with Gasteiger partial charge in [0.25, 0.3) is 5.91 Å². The minimum Gasteiger partial charge on any atom is -0.350 e. The van der Waals surface area contributed by atoms with Gasteiger partial charge >= 0.3 is 6.18 Å². The van der Waals surface area contributed by atoms with Crippen LogP contribution in [0, 0.1) is 0 Å². The van der Waals surface area contributed by atoms with Gasteiger partial charge in [-0.25, -0.2) is 0 Å². The van der Waals surface area contributed by atoms with Crippen molar-refractivity contribution in [2.45, 2.75) is 25.1 Å². The maximum atomic E-state index is 12.4. The second kappa shape index (κ2) is 6.30. The van der Waals surface area contributed by atoms with E-state index in [9.17, 15) is 22.8 Å². The van der Waals surface area contributed by atoms with Gasteiger partial charge in [-0.15, -0.1) is 0 Å². The van der Waals surface area contributed by atoms with E-state index in [2.05, 4.69) is 10.3 Å². The third-order valence-corrected chi connectivity index (χ3v) is 3.42. The van der Waals surface area contributed by atoms with Gasteiger partial charge in [0.15, 0.2) is 0 Å². The zero-order valence-corrected chi connectivity index (χ0v) is 11.2. The normalized spacial score (nSPS) is 19.7. The number of H-pyrrole nitrogens is 1. The molecule has 8 heteroatoms. The van der Waals surface area contributed by atoms with Crippen molar-refractivity contribution >= 4 is 5.91 Å². The van der Waals surface area contributed by atoms with E-state index < -0.39 is 24.2 Å². The summed E-state index contributed by atoms with van der Waals surface area (Å²) < 4.78 is 37.3. The Kier molecular flexibility index (Phi) is 4.66. The van der Waals surface area contributed by atoms with Crippen LogP contribution in [0.1, 0.15) is 23.2 Å². The first-order valence-corrected chi connectivity index (χ1v) is 6.63. The number of rotatable bonds is 4. The van der Waals surface area contributed by atoms with Crippen LogP contribution in [0.25, 0.3) is 0 Å². The van der Waals surface area contributed by atoms with Crippen molar-refractivity contribution in [1.82, 2.24) is 15.2 Å². The van der Waals surface area contributed by atoms with Gasteiger partial charge < -0.3 is 10.3 Å². The van der Waals surface area contributed by atoms with E-state index in [1.165, 1.54) is 17.2 Å². The van der Waals surface area contributed by atoms with E-state index in [1.807, 2.05) is 0 Å². The number of nitrogens with one attached hydrogen (secondary N) is 2. The van der Waals surface area contributed by atoms with Crippen molar-refractivity contribution in [3.8, 4) is 0 Å². The van der Waals surface area contributed by atoms with E-state index in [0.29, 0.717) is 19.4 Å². The third kappa shape index (κ3) is 4.59. The smallest absolute Gasteiger partial charge is 0.350 e. The largest absolute Gasteiger partial charge is 0.401 e. The van der Waals surface area contributed by atoms with Gasteiger partial charge in [-0.1, -0.05) is 0 Å². The summed E-state index contributed by atoms with van der Waals surface area (Å²) in [7, 11) is 0. The third-order valence-electron chi connectivity index (χ3n) is 3.42. The molecular formula is C13H16F3N3O2. The van der Waals surface area contributed by atoms with E-state index in [0.717, 1.165) is 6.07 Å². The van der Waals surface area contributed by atoms with Gasteiger partial charge in [0.2, 0.25) is 5.56 Å². The Morgan fingerprint density at radius 1 is 1.48 bits per heavy atom. The standard InChI is InChI=1S/C13H16F3N3O2/c14-13(15,16)8-19-5-1-2-10(19)7-18-12(21)9-3-4-17-11(20)6-9/h3-4,6,10H,1-2,5,7-8H2,(H,17,20)(H,18,21)/t10-/m1/s1. The predicted octanol–water partition coefficient (Wildman–Crippen LogP) is 1.13. The number of aromatic amines is 1. The van der Waals surface area contributed by atoms with Crippen LogP contribution in [0.3, 0.4) is 0 Å². The van der Waals surface area contributed by atoms with Crippen molar-refractivity contribution in [3.05, 3.63) is 34.2 Å². The lowest BCUT2D eigenvalue weighted by molar-refractivity contribution is -0.147. The second-order valence-corrected chi connectivity index (χ2v) is 5.03. The molecule has 1 aromatic heterocycles. The summed E-state index contributed by atoms with van der Waals surface area (Å²) in [6.07, 6.45) is -1.59. The summed E-state index contributed by atoms with van der Waals surface area (Å²) in [6.45, 7) is -0.439. The molecule has 2 N–H and O–H groups in total. The van der Waals surface area contributed by atoms with Gasteiger partial charge in [-0.05, 0) is 25.5 Å². The molecule has 1 atom stereocenters. The molecule has 0 aromatic carbocycles. The van der Waals surface area contributed by atoms with Crippen LogP contribution in [0.2, 0.25) is 0 Å². The molecule has 1 amide bonds. The molecule has 0 aliphatic carbocycles. The molecule has 1 saturated heterocycles. The topological polar surface area (TPSA) is 65.2 Å². The van der Waals surface area contributed by atoms with Crippen molar-refractivity contribution in [1.29, 1.82) is 0 Å². The lowest BCUT2D eigenvalue weighted by Crippen LogP contribution is -2.44. The highest BCUT2D eigenvalue weighted by molar-refractivity contribution is 5.93. The number of aromatic nitrogens is 1. The summed E-state index contributed by atoms with van der Waals surface area (Å²) in [5.74, 6) is -0.458. The van der Waals surface area contributed by atoms with Gasteiger partial charge in [0.1, 0.15) is 0 Å². The molecule has 1 aliphatic heterocycles. The lowest BCUT2D eigenvalue weighted by atomic mass is 10.2. The Hall–Kier alpha value is -1.83. The zero-order valence-electron chi connectivity index (χ0n) is 11.2. The van der Waals surface area contributed by atoms with Crippen LogP contribution in [0.5, 0.6) is 0 Å². The van der Waals surface area contributed by atoms with Crippen LogP contribution >= 0.6 is 0 Å². The molecule has 0 bridgehead atoms. The second-order valence-electron chi connectivity index (χ2n) is 5.03. The minimum absolute atomic E-state index is 0.141. The van der Waals surface area contributed by atoms with Crippen LogP contribution in [-0.4, -0.2) is 47.6 Å². The average molecular weight is 303 g/mol. The zero-order chi connectivity index (χ0) is 15.5. The number of alkyl halides is 3. The van der Waals surface area contributed by atoms with Gasteiger partial charge in [0.05, 0.1) is 6.54 Å². The maximum absolute atomic E-state index is 12.4. The molecule has 0 radical (unpaired) electrons. The van der Waals surface area contributed by atoms with Crippen molar-refractivity contribution in [2.75, 3.05) is 19.6 Å². The van der Waals surface area contributed by atoms with Crippen molar-refractivity contribution < 1.29 is 18.0 Å². The molecule has 0 saturated carbocycles. The Morgan fingerprint density at radius 3 is 2.90 bits per heavy atom. The highest BCUT2D eigenvalue weighted by Crippen LogP contribution is 2.23. The fourth-order valence-corrected chi connectivity index (χ4v) is 2.46. The Morgan fingerprint density at radius 2 is 2.24 bits per heavy atom. The first kappa shape index (κ1) is 15.6. The summed E-state index contributed by atoms with van der Waals surface area (Å²) in [6, 6.07) is 2.27. The minimum atomic E-state index is -4.24. The van der Waals surface area contributed by atoms with Crippen LogP contribution in [0.15, 0.2) is 23.1 Å². The number of halogens is 3. The monoisotopic (exact) mass is 303 g/mol. The summed E-state index contributed by atoms with van der Waals surface area (Å²) in [4.78, 5) is 26.7. The van der Waals surface area contributed by atoms with Crippen molar-refractivity contribution in [3.63, 3.8) is 0 Å². The number of pyridine rings is 1. The van der Waals surface area contributed by atoms with E-state index >= 15 is 0 Å². The molecule has 21 heavy (non-hydrogen) atoms. The number of amides is 1. The highest BCUT2D eigenvalue weighted by atomic mass is 19.4. The fraction of sp³-hybridized carbons (Fsp3) is 0.538. The number of carbonyl (C=O) groups excluding carboxylic acids is 1. The summed E-state index contributed by atoms with van der Waals surface area (Å²) >= 11 is 0. The van der Waals surface area contributed by atoms with Crippen molar-refractivity contribution in [2.24, 2.45) is 0 Å². The molecule has 2 rings (SSSR count). The number of carbonyl (C=O) groups is 1. The fourth-order valence-electron chi connectivity index (χ4n) is 2.46. The average Bonchev–Trinajstić information content (AvgIpc) is 2.81. The van der Waals surface area contributed by atoms with Gasteiger partial charge in [-0.3, -0.25) is 14.5 Å². The first-order chi connectivity index (χ1) is 9.85. The lowest BCUT2D eigenvalue weighted by Gasteiger charge is -2.25. The molecule has 0 unspecified atom stereocenters. The Balaban J connectivity index is 1.90. The molecule has 116 valence electrons. The Labute approximate surface area is 119 Å². The predicted molar refractivity (Wildman–Crippen MR) is 70.0 cm³/mol. The number of likely N-dealkylation sites (tertiary alicyclic amines) is 1. The Bertz CT molecular complexity index is 556. The number of hydrogen-bond acceptors (Lipinski definition) is 3. The highest BCUT2D eigenvalue weighted by Gasteiger charge is 2.36. The van der Waals surface area contributed by atoms with E-state index in [-0.39, 0.29) is 18.2 Å². The van der Waals surface area contributed by atoms with Crippen LogP contribution in [-0.2, 0) is 0 Å². The molecule has 1 aromatic rings. The van der Waals surface area contributed by atoms with E-state index in [4.69, 9.17) is 0 Å². The van der Waals surface area contributed by atoms with Crippen LogP contribution in [0.4, 0.5) is 13.2 Å².